The molecule has 0 radical (unpaired) electrons. The fourth-order valence-corrected chi connectivity index (χ4v) is 1.25. The summed E-state index contributed by atoms with van der Waals surface area (Å²) in [7, 11) is 0. The molecule has 0 unspecified atom stereocenters. The highest BCUT2D eigenvalue weighted by atomic mass is 19.2. The minimum atomic E-state index is -1.55. The number of ether oxygens (including phenoxy) is 1. The second kappa shape index (κ2) is 5.66. The third-order valence-corrected chi connectivity index (χ3v) is 2.19. The van der Waals surface area contributed by atoms with Gasteiger partial charge in [0.25, 0.3) is 0 Å². The summed E-state index contributed by atoms with van der Waals surface area (Å²) in [6, 6.07) is 0. The first kappa shape index (κ1) is 14.2. The van der Waals surface area contributed by atoms with Crippen LogP contribution < -0.4 is 0 Å². The molecule has 2 nitrogen and oxygen atoms in total. The van der Waals surface area contributed by atoms with E-state index in [0.717, 1.165) is 6.92 Å². The van der Waals surface area contributed by atoms with Crippen LogP contribution in [0.15, 0.2) is 6.08 Å². The Kier molecular flexibility index (Phi) is 4.47. The van der Waals surface area contributed by atoms with E-state index in [9.17, 15) is 22.4 Å². The summed E-state index contributed by atoms with van der Waals surface area (Å²) in [5.74, 6) is -6.94. The molecule has 0 saturated carbocycles. The van der Waals surface area contributed by atoms with Gasteiger partial charge in [-0.05, 0) is 19.9 Å². The van der Waals surface area contributed by atoms with Gasteiger partial charge in [-0.2, -0.15) is 0 Å². The minimum absolute atomic E-state index is 0.0742. The van der Waals surface area contributed by atoms with Crippen LogP contribution in [-0.4, -0.2) is 12.6 Å². The number of benzene rings is 1. The van der Waals surface area contributed by atoms with Crippen molar-refractivity contribution in [3.05, 3.63) is 40.5 Å². The van der Waals surface area contributed by atoms with Crippen LogP contribution >= 0.6 is 0 Å². The monoisotopic (exact) mass is 262 g/mol. The fourth-order valence-electron chi connectivity index (χ4n) is 1.25. The average Bonchev–Trinajstić information content (AvgIpc) is 2.34. The van der Waals surface area contributed by atoms with Crippen LogP contribution in [0.3, 0.4) is 0 Å². The molecular formula is C12H10F4O2. The summed E-state index contributed by atoms with van der Waals surface area (Å²) in [4.78, 5) is 10.9. The summed E-state index contributed by atoms with van der Waals surface area (Å²) in [5, 5.41) is 0. The molecule has 0 heterocycles. The molecule has 18 heavy (non-hydrogen) atoms. The van der Waals surface area contributed by atoms with E-state index in [2.05, 4.69) is 4.74 Å². The quantitative estimate of drug-likeness (QED) is 0.362. The molecule has 6 heteroatoms. The molecule has 0 spiro atoms. The van der Waals surface area contributed by atoms with Gasteiger partial charge in [-0.3, -0.25) is 0 Å². The maximum atomic E-state index is 13.4. The van der Waals surface area contributed by atoms with Crippen LogP contribution in [0.1, 0.15) is 18.1 Å². The van der Waals surface area contributed by atoms with Crippen molar-refractivity contribution in [2.45, 2.75) is 13.8 Å². The molecule has 0 atom stereocenters. The second-order valence-corrected chi connectivity index (χ2v) is 3.38. The highest BCUT2D eigenvalue weighted by molar-refractivity contribution is 5.87. The van der Waals surface area contributed by atoms with Gasteiger partial charge in [0.1, 0.15) is 0 Å². The van der Waals surface area contributed by atoms with Crippen LogP contribution in [-0.2, 0) is 9.53 Å². The van der Waals surface area contributed by atoms with Gasteiger partial charge in [0.2, 0.25) is 0 Å². The Morgan fingerprint density at radius 1 is 1.11 bits per heavy atom. The third kappa shape index (κ3) is 2.69. The average molecular weight is 262 g/mol. The predicted octanol–water partition coefficient (Wildman–Crippen LogP) is 3.13. The largest absolute Gasteiger partial charge is 0.463 e. The van der Waals surface area contributed by atoms with E-state index < -0.39 is 40.4 Å². The smallest absolute Gasteiger partial charge is 0.330 e. The Labute approximate surface area is 101 Å². The van der Waals surface area contributed by atoms with E-state index in [0.29, 0.717) is 12.2 Å². The normalized spacial score (nSPS) is 11.0. The zero-order valence-corrected chi connectivity index (χ0v) is 9.69. The van der Waals surface area contributed by atoms with Gasteiger partial charge in [-0.25, -0.2) is 22.4 Å². The van der Waals surface area contributed by atoms with E-state index >= 15 is 0 Å². The van der Waals surface area contributed by atoms with Crippen molar-refractivity contribution >= 4 is 12.0 Å². The van der Waals surface area contributed by atoms with Crippen LogP contribution in [0.5, 0.6) is 0 Å². The number of esters is 1. The first-order chi connectivity index (χ1) is 8.40. The van der Waals surface area contributed by atoms with Gasteiger partial charge >= 0.3 is 5.97 Å². The maximum absolute atomic E-state index is 13.4. The Hall–Kier alpha value is -1.85. The Morgan fingerprint density at radius 2 is 1.61 bits per heavy atom. The summed E-state index contributed by atoms with van der Waals surface area (Å²) < 4.78 is 57.5. The maximum Gasteiger partial charge on any atom is 0.330 e. The lowest BCUT2D eigenvalue weighted by Gasteiger charge is -2.06. The van der Waals surface area contributed by atoms with Crippen molar-refractivity contribution in [3.63, 3.8) is 0 Å². The van der Waals surface area contributed by atoms with Crippen molar-refractivity contribution in [3.8, 4) is 0 Å². The molecule has 1 aromatic rings. The van der Waals surface area contributed by atoms with Gasteiger partial charge in [-0.15, -0.1) is 0 Å². The minimum Gasteiger partial charge on any atom is -0.463 e. The molecule has 98 valence electrons. The fraction of sp³-hybridized carbons (Fsp3) is 0.250. The zero-order chi connectivity index (χ0) is 13.9. The first-order valence-corrected chi connectivity index (χ1v) is 5.07. The Bertz CT molecular complexity index is 480. The molecule has 0 fully saturated rings. The van der Waals surface area contributed by atoms with Crippen LogP contribution in [0, 0.1) is 30.2 Å². The zero-order valence-electron chi connectivity index (χ0n) is 9.69. The van der Waals surface area contributed by atoms with Gasteiger partial charge in [-0.1, -0.05) is 0 Å². The number of carbonyl (C=O) groups excluding carboxylic acids is 1. The van der Waals surface area contributed by atoms with Crippen molar-refractivity contribution in [1.29, 1.82) is 0 Å². The van der Waals surface area contributed by atoms with Crippen molar-refractivity contribution in [2.24, 2.45) is 0 Å². The molecule has 0 saturated heterocycles. The van der Waals surface area contributed by atoms with Gasteiger partial charge in [0.05, 0.1) is 12.2 Å². The lowest BCUT2D eigenvalue weighted by molar-refractivity contribution is -0.137. The third-order valence-electron chi connectivity index (χ3n) is 2.19. The molecule has 0 aliphatic rings. The van der Waals surface area contributed by atoms with Gasteiger partial charge in [0, 0.05) is 11.6 Å². The SMILES string of the molecule is CCOC(=O)/C=C\c1c(F)c(F)c(C)c(F)c1F. The Morgan fingerprint density at radius 3 is 2.06 bits per heavy atom. The molecule has 0 N–H and O–H groups in total. The molecule has 1 rings (SSSR count). The topological polar surface area (TPSA) is 26.3 Å². The van der Waals surface area contributed by atoms with Gasteiger partial charge in [0.15, 0.2) is 23.3 Å². The number of halogens is 4. The molecule has 1 aromatic carbocycles. The van der Waals surface area contributed by atoms with Crippen LogP contribution in [0.2, 0.25) is 0 Å². The standard InChI is InChI=1S/C12H10F4O2/c1-3-18-8(17)5-4-7-11(15)9(13)6(2)10(14)12(7)16/h4-5H,3H2,1-2H3/b5-4-. The van der Waals surface area contributed by atoms with Crippen LogP contribution in [0.4, 0.5) is 17.6 Å². The number of carbonyl (C=O) groups is 1. The summed E-state index contributed by atoms with van der Waals surface area (Å²) in [6.45, 7) is 2.53. The van der Waals surface area contributed by atoms with E-state index in [1.54, 1.807) is 0 Å². The highest BCUT2D eigenvalue weighted by Crippen LogP contribution is 2.24. The Balaban J connectivity index is 3.22. The molecule has 0 amide bonds. The summed E-state index contributed by atoms with van der Waals surface area (Å²) >= 11 is 0. The lowest BCUT2D eigenvalue weighted by Crippen LogP contribution is -2.04. The lowest BCUT2D eigenvalue weighted by atomic mass is 10.1. The van der Waals surface area contributed by atoms with Crippen molar-refractivity contribution in [2.75, 3.05) is 6.61 Å². The van der Waals surface area contributed by atoms with Crippen LogP contribution in [0.25, 0.3) is 6.08 Å². The highest BCUT2D eigenvalue weighted by Gasteiger charge is 2.21. The molecule has 0 aliphatic carbocycles. The number of hydrogen-bond acceptors (Lipinski definition) is 2. The first-order valence-electron chi connectivity index (χ1n) is 5.07. The van der Waals surface area contributed by atoms with E-state index in [1.165, 1.54) is 6.92 Å². The second-order valence-electron chi connectivity index (χ2n) is 3.38. The van der Waals surface area contributed by atoms with E-state index in [-0.39, 0.29) is 6.61 Å². The number of rotatable bonds is 3. The molecular weight excluding hydrogens is 252 g/mol. The van der Waals surface area contributed by atoms with E-state index in [4.69, 9.17) is 0 Å². The summed E-state index contributed by atoms with van der Waals surface area (Å²) in [5.41, 5.74) is -1.71. The van der Waals surface area contributed by atoms with Crippen molar-refractivity contribution < 1.29 is 27.1 Å². The predicted molar refractivity (Wildman–Crippen MR) is 56.7 cm³/mol. The molecule has 0 aromatic heterocycles. The van der Waals surface area contributed by atoms with Crippen molar-refractivity contribution in [1.82, 2.24) is 0 Å². The summed E-state index contributed by atoms with van der Waals surface area (Å²) in [6.07, 6.45) is 1.33. The molecule has 0 bridgehead atoms. The van der Waals surface area contributed by atoms with E-state index in [1.807, 2.05) is 0 Å². The number of hydrogen-bond donors (Lipinski definition) is 0. The van der Waals surface area contributed by atoms with Gasteiger partial charge < -0.3 is 4.74 Å². The molecule has 0 aliphatic heterocycles.